The molecule has 2 aromatic carbocycles. The van der Waals surface area contributed by atoms with Crippen LogP contribution in [-0.2, 0) is 62.1 Å². The molecule has 0 saturated heterocycles. The summed E-state index contributed by atoms with van der Waals surface area (Å²) in [6.45, 7) is -0.0189. The third kappa shape index (κ3) is 14.8. The molecule has 0 aliphatic heterocycles. The standard InChI is InChI=1S/C32H41F4N5O13P2S/c33-31(34,55(49,50)51)20-9-5-18(6-10-20)14-22(29(47)38-13-3-1-2-4-25(42)40-24(17-57)28(37)46)41-30(48)23(16-27(44)45)39-26(43)15-19-7-11-21(12-8-19)32(35,36)56(52,53)54/h5-12,22-24,57H,1-4,13-17H2,(H2,37,46)(H,38,47)(H,39,43)(H,40,42)(H,41,48)(H,44,45)(H2,49,50,51)(H2,52,53,54)/t22-,23?,24+/m0/s1. The smallest absolute Gasteiger partial charge is 0.399 e. The summed E-state index contributed by atoms with van der Waals surface area (Å²) in [6.07, 6.45) is -1.06. The van der Waals surface area contributed by atoms with Crippen molar-refractivity contribution in [3.05, 3.63) is 70.8 Å². The van der Waals surface area contributed by atoms with Crippen LogP contribution in [0.25, 0.3) is 0 Å². The first kappa shape index (κ1) is 48.8. The summed E-state index contributed by atoms with van der Waals surface area (Å²) in [7, 11) is -11.8. The Morgan fingerprint density at radius 3 is 1.63 bits per heavy atom. The van der Waals surface area contributed by atoms with Crippen LogP contribution in [0.15, 0.2) is 48.5 Å². The highest BCUT2D eigenvalue weighted by Crippen LogP contribution is 2.60. The molecule has 57 heavy (non-hydrogen) atoms. The first-order valence-corrected chi connectivity index (χ1v) is 20.5. The monoisotopic (exact) mass is 873 g/mol. The molecule has 1 unspecified atom stereocenters. The van der Waals surface area contributed by atoms with Crippen molar-refractivity contribution in [1.29, 1.82) is 0 Å². The summed E-state index contributed by atoms with van der Waals surface area (Å²) in [5.74, 6) is -5.89. The lowest BCUT2D eigenvalue weighted by molar-refractivity contribution is -0.141. The van der Waals surface area contributed by atoms with Crippen LogP contribution in [0.4, 0.5) is 17.6 Å². The zero-order valence-corrected chi connectivity index (χ0v) is 32.3. The number of hydrogen-bond donors (Lipinski definition) is 11. The average molecular weight is 874 g/mol. The van der Waals surface area contributed by atoms with Crippen LogP contribution < -0.4 is 27.0 Å². The second-order valence-electron chi connectivity index (χ2n) is 12.5. The predicted molar refractivity (Wildman–Crippen MR) is 195 cm³/mol. The van der Waals surface area contributed by atoms with Gasteiger partial charge in [0.2, 0.25) is 29.5 Å². The van der Waals surface area contributed by atoms with E-state index < -0.39 is 111 Å². The van der Waals surface area contributed by atoms with Crippen molar-refractivity contribution in [3.8, 4) is 0 Å². The minimum Gasteiger partial charge on any atom is -0.481 e. The Labute approximate surface area is 327 Å². The van der Waals surface area contributed by atoms with Crippen molar-refractivity contribution < 1.29 is 80.1 Å². The first-order valence-electron chi connectivity index (χ1n) is 16.6. The third-order valence-corrected chi connectivity index (χ3v) is 10.4. The van der Waals surface area contributed by atoms with Gasteiger partial charge in [0.15, 0.2) is 0 Å². The fourth-order valence-corrected chi connectivity index (χ4v) is 6.17. The van der Waals surface area contributed by atoms with Gasteiger partial charge in [-0.25, -0.2) is 0 Å². The fourth-order valence-electron chi connectivity index (χ4n) is 4.93. The number of halogens is 4. The van der Waals surface area contributed by atoms with Gasteiger partial charge in [0.25, 0.3) is 0 Å². The number of alkyl halides is 4. The summed E-state index contributed by atoms with van der Waals surface area (Å²) in [5, 5.41) is 18.8. The Bertz CT molecular complexity index is 1870. The van der Waals surface area contributed by atoms with E-state index in [1.165, 1.54) is 0 Å². The SMILES string of the molecule is NC(=O)[C@@H](CS)NC(=O)CCCCCNC(=O)[C@H](Cc1ccc(C(F)(F)P(=O)(O)O)cc1)NC(=O)C(CC(=O)O)NC(=O)Cc1ccc(C(F)(F)P(=O)(O)O)cc1. The van der Waals surface area contributed by atoms with E-state index in [0.29, 0.717) is 43.5 Å². The van der Waals surface area contributed by atoms with Crippen molar-refractivity contribution in [1.82, 2.24) is 21.3 Å². The van der Waals surface area contributed by atoms with Crippen LogP contribution in [0.2, 0.25) is 0 Å². The summed E-state index contributed by atoms with van der Waals surface area (Å²) in [6, 6.07) is 2.25. The number of rotatable bonds is 23. The number of nitrogens with one attached hydrogen (secondary N) is 4. The molecule has 25 heteroatoms. The molecular formula is C32H41F4N5O13P2S. The van der Waals surface area contributed by atoms with Crippen molar-refractivity contribution in [2.45, 2.75) is 74.4 Å². The van der Waals surface area contributed by atoms with Crippen LogP contribution in [0.5, 0.6) is 0 Å². The number of nitrogens with two attached hydrogens (primary N) is 1. The highest BCUT2D eigenvalue weighted by atomic mass is 32.1. The van der Waals surface area contributed by atoms with E-state index >= 15 is 0 Å². The summed E-state index contributed by atoms with van der Waals surface area (Å²) < 4.78 is 78.8. The van der Waals surface area contributed by atoms with Gasteiger partial charge >= 0.3 is 32.5 Å². The molecule has 0 aromatic heterocycles. The van der Waals surface area contributed by atoms with Gasteiger partial charge in [-0.15, -0.1) is 0 Å². The molecule has 5 amide bonds. The van der Waals surface area contributed by atoms with Gasteiger partial charge in [-0.05, 0) is 24.0 Å². The lowest BCUT2D eigenvalue weighted by Gasteiger charge is -2.23. The molecule has 0 bridgehead atoms. The molecule has 0 spiro atoms. The number of thiol groups is 1. The predicted octanol–water partition coefficient (Wildman–Crippen LogP) is 0.947. The van der Waals surface area contributed by atoms with E-state index in [1.807, 2.05) is 0 Å². The van der Waals surface area contributed by atoms with Gasteiger partial charge in [-0.3, -0.25) is 37.9 Å². The molecule has 2 rings (SSSR count). The van der Waals surface area contributed by atoms with Crippen LogP contribution in [0.3, 0.4) is 0 Å². The van der Waals surface area contributed by atoms with Gasteiger partial charge in [0.1, 0.15) is 18.1 Å². The number of primary amides is 1. The number of benzene rings is 2. The van der Waals surface area contributed by atoms with E-state index in [4.69, 9.17) is 25.3 Å². The number of amides is 5. The zero-order chi connectivity index (χ0) is 43.4. The van der Waals surface area contributed by atoms with E-state index in [-0.39, 0.29) is 29.8 Å². The number of hydrogen-bond acceptors (Lipinski definition) is 9. The van der Waals surface area contributed by atoms with Gasteiger partial charge in [-0.1, -0.05) is 55.0 Å². The minimum absolute atomic E-state index is 0.00971. The van der Waals surface area contributed by atoms with E-state index in [2.05, 4.69) is 33.9 Å². The molecular weight excluding hydrogens is 832 g/mol. The average Bonchev–Trinajstić information content (AvgIpc) is 3.10. The first-order chi connectivity index (χ1) is 26.3. The number of carbonyl (C=O) groups is 6. The fraction of sp³-hybridized carbons (Fsp3) is 0.438. The van der Waals surface area contributed by atoms with Crippen LogP contribution >= 0.6 is 27.8 Å². The highest BCUT2D eigenvalue weighted by molar-refractivity contribution is 7.80. The van der Waals surface area contributed by atoms with Gasteiger partial charge in [0.05, 0.1) is 12.8 Å². The Morgan fingerprint density at radius 1 is 0.684 bits per heavy atom. The maximum Gasteiger partial charge on any atom is 0.399 e. The van der Waals surface area contributed by atoms with Crippen LogP contribution in [-0.4, -0.2) is 90.6 Å². The van der Waals surface area contributed by atoms with Crippen molar-refractivity contribution in [2.75, 3.05) is 12.3 Å². The summed E-state index contributed by atoms with van der Waals surface area (Å²) in [5.41, 5.74) is -5.91. The molecule has 0 aliphatic rings. The molecule has 0 radical (unpaired) electrons. The quantitative estimate of drug-likeness (QED) is 0.0321. The van der Waals surface area contributed by atoms with Crippen molar-refractivity contribution >= 4 is 63.3 Å². The highest BCUT2D eigenvalue weighted by Gasteiger charge is 2.51. The summed E-state index contributed by atoms with van der Waals surface area (Å²) >= 11 is 3.93. The molecule has 0 saturated carbocycles. The van der Waals surface area contributed by atoms with Gasteiger partial charge in [-0.2, -0.15) is 30.2 Å². The maximum absolute atomic E-state index is 14.2. The molecule has 0 aliphatic carbocycles. The Morgan fingerprint density at radius 2 is 1.18 bits per heavy atom. The van der Waals surface area contributed by atoms with Gasteiger partial charge in [0, 0.05) is 36.3 Å². The lowest BCUT2D eigenvalue weighted by atomic mass is 10.0. The molecule has 316 valence electrons. The Hall–Kier alpha value is -4.37. The zero-order valence-electron chi connectivity index (χ0n) is 29.6. The molecule has 0 heterocycles. The number of carbonyl (C=O) groups excluding carboxylic acids is 5. The van der Waals surface area contributed by atoms with Crippen LogP contribution in [0.1, 0.15) is 54.4 Å². The van der Waals surface area contributed by atoms with E-state index in [1.54, 1.807) is 0 Å². The third-order valence-electron chi connectivity index (χ3n) is 8.04. The van der Waals surface area contributed by atoms with Crippen molar-refractivity contribution in [3.63, 3.8) is 0 Å². The maximum atomic E-state index is 14.2. The number of unbranched alkanes of at least 4 members (excludes halogenated alkanes) is 2. The minimum atomic E-state index is -5.92. The number of carboxylic acids is 1. The molecule has 3 atom stereocenters. The van der Waals surface area contributed by atoms with Gasteiger partial charge < -0.3 is 51.7 Å². The molecule has 0 fully saturated rings. The molecule has 18 nitrogen and oxygen atoms in total. The lowest BCUT2D eigenvalue weighted by Crippen LogP contribution is -2.55. The Balaban J connectivity index is 2.20. The normalized spacial score (nSPS) is 13.8. The second kappa shape index (κ2) is 20.9. The molecule has 2 aromatic rings. The topological polar surface area (TPSA) is 312 Å². The largest absolute Gasteiger partial charge is 0.481 e. The van der Waals surface area contributed by atoms with Crippen LogP contribution in [0, 0.1) is 0 Å². The number of aliphatic carboxylic acids is 1. The number of carboxylic acid groups (broad SMARTS) is 1. The second-order valence-corrected chi connectivity index (χ2v) is 16.2. The summed E-state index contributed by atoms with van der Waals surface area (Å²) in [4.78, 5) is 110. The van der Waals surface area contributed by atoms with E-state index in [9.17, 15) is 60.6 Å². The van der Waals surface area contributed by atoms with E-state index in [0.717, 1.165) is 24.3 Å². The van der Waals surface area contributed by atoms with Crippen molar-refractivity contribution in [2.24, 2.45) is 5.73 Å². The molecule has 11 N–H and O–H groups in total. The Kier molecular flexibility index (Phi) is 17.9.